The van der Waals surface area contributed by atoms with E-state index in [4.69, 9.17) is 37.4 Å². The van der Waals surface area contributed by atoms with Crippen LogP contribution in [-0.4, -0.2) is 48.8 Å². The zero-order chi connectivity index (χ0) is 28.8. The van der Waals surface area contributed by atoms with Gasteiger partial charge in [-0.1, -0.05) is 35.3 Å². The van der Waals surface area contributed by atoms with Gasteiger partial charge in [-0.2, -0.15) is 0 Å². The summed E-state index contributed by atoms with van der Waals surface area (Å²) in [7, 11) is 1.43. The highest BCUT2D eigenvalue weighted by molar-refractivity contribution is 8.18. The summed E-state index contributed by atoms with van der Waals surface area (Å²) in [5.74, 6) is 0.325. The Bertz CT molecular complexity index is 1480. The van der Waals surface area contributed by atoms with E-state index in [2.05, 4.69) is 5.32 Å². The molecular weight excluding hydrogens is 575 g/mol. The zero-order valence-corrected chi connectivity index (χ0v) is 24.3. The Morgan fingerprint density at radius 2 is 1.75 bits per heavy atom. The van der Waals surface area contributed by atoms with Crippen LogP contribution in [-0.2, 0) is 9.59 Å². The van der Waals surface area contributed by atoms with Crippen molar-refractivity contribution in [1.29, 1.82) is 0 Å². The number of hydrogen-bond donors (Lipinski definition) is 1. The molecule has 1 N–H and O–H groups in total. The van der Waals surface area contributed by atoms with E-state index in [0.717, 1.165) is 27.8 Å². The molecule has 1 aliphatic rings. The summed E-state index contributed by atoms with van der Waals surface area (Å²) >= 11 is 13.1. The molecule has 3 aromatic rings. The van der Waals surface area contributed by atoms with Gasteiger partial charge >= 0.3 is 0 Å². The number of amides is 3. The summed E-state index contributed by atoms with van der Waals surface area (Å²) in [5, 5.41) is 3.04. The summed E-state index contributed by atoms with van der Waals surface area (Å²) in [4.78, 5) is 39.2. The molecule has 1 heterocycles. The summed E-state index contributed by atoms with van der Waals surface area (Å²) in [5.41, 5.74) is 3.12. The van der Waals surface area contributed by atoms with Gasteiger partial charge < -0.3 is 19.5 Å². The Balaban J connectivity index is 1.39. The van der Waals surface area contributed by atoms with Crippen LogP contribution >= 0.6 is 35.0 Å². The lowest BCUT2D eigenvalue weighted by molar-refractivity contribution is -0.123. The maximum atomic E-state index is 13.0. The van der Waals surface area contributed by atoms with Crippen LogP contribution in [0.1, 0.15) is 16.7 Å². The smallest absolute Gasteiger partial charge is 0.293 e. The van der Waals surface area contributed by atoms with E-state index in [-0.39, 0.29) is 46.4 Å². The van der Waals surface area contributed by atoms with Gasteiger partial charge in [0, 0.05) is 10.7 Å². The van der Waals surface area contributed by atoms with E-state index in [0.29, 0.717) is 22.0 Å². The lowest BCUT2D eigenvalue weighted by Gasteiger charge is -2.15. The van der Waals surface area contributed by atoms with Gasteiger partial charge in [-0.25, -0.2) is 0 Å². The first-order valence-electron chi connectivity index (χ1n) is 12.2. The first-order chi connectivity index (χ1) is 19.1. The molecule has 208 valence electrons. The summed E-state index contributed by atoms with van der Waals surface area (Å²) < 4.78 is 16.8. The summed E-state index contributed by atoms with van der Waals surface area (Å²) in [6.45, 7) is 3.87. The number of halogens is 2. The highest BCUT2D eigenvalue weighted by Crippen LogP contribution is 2.39. The van der Waals surface area contributed by atoms with E-state index < -0.39 is 11.8 Å². The topological polar surface area (TPSA) is 94.2 Å². The van der Waals surface area contributed by atoms with Crippen LogP contribution in [0.4, 0.5) is 10.5 Å². The van der Waals surface area contributed by atoms with Gasteiger partial charge in [0.25, 0.3) is 17.1 Å². The van der Waals surface area contributed by atoms with Crippen LogP contribution in [0.3, 0.4) is 0 Å². The average molecular weight is 602 g/mol. The second-order valence-electron chi connectivity index (χ2n) is 8.83. The zero-order valence-electron chi connectivity index (χ0n) is 22.0. The van der Waals surface area contributed by atoms with Crippen molar-refractivity contribution in [3.05, 3.63) is 86.2 Å². The molecule has 0 aliphatic carbocycles. The van der Waals surface area contributed by atoms with Crippen molar-refractivity contribution in [3.63, 3.8) is 0 Å². The van der Waals surface area contributed by atoms with Crippen LogP contribution in [0.2, 0.25) is 10.0 Å². The first-order valence-corrected chi connectivity index (χ1v) is 13.7. The molecule has 40 heavy (non-hydrogen) atoms. The van der Waals surface area contributed by atoms with E-state index >= 15 is 0 Å². The highest BCUT2D eigenvalue weighted by atomic mass is 35.5. The molecule has 0 saturated carbocycles. The maximum absolute atomic E-state index is 13.0. The van der Waals surface area contributed by atoms with Crippen molar-refractivity contribution >= 4 is 63.8 Å². The molecule has 1 saturated heterocycles. The number of benzene rings is 3. The molecule has 4 rings (SSSR count). The van der Waals surface area contributed by atoms with Crippen molar-refractivity contribution < 1.29 is 28.6 Å². The minimum Gasteiger partial charge on any atom is -0.493 e. The third-order valence-corrected chi connectivity index (χ3v) is 7.25. The number of anilines is 1. The maximum Gasteiger partial charge on any atom is 0.293 e. The molecule has 0 aromatic heterocycles. The van der Waals surface area contributed by atoms with Crippen LogP contribution in [0.15, 0.2) is 59.5 Å². The molecule has 0 spiro atoms. The van der Waals surface area contributed by atoms with Crippen LogP contribution in [0.25, 0.3) is 6.08 Å². The number of thioether (sulfide) groups is 1. The predicted molar refractivity (Wildman–Crippen MR) is 158 cm³/mol. The Kier molecular flexibility index (Phi) is 9.63. The van der Waals surface area contributed by atoms with E-state index in [1.54, 1.807) is 42.5 Å². The number of carbonyl (C=O) groups is 3. The number of aryl methyl sites for hydroxylation is 2. The Morgan fingerprint density at radius 1 is 1.00 bits per heavy atom. The molecule has 1 fully saturated rings. The Morgan fingerprint density at radius 3 is 2.48 bits per heavy atom. The number of imide groups is 1. The molecule has 3 amide bonds. The Labute approximate surface area is 246 Å². The quantitative estimate of drug-likeness (QED) is 0.257. The molecular formula is C29H26Cl2N2O6S. The van der Waals surface area contributed by atoms with Crippen LogP contribution in [0, 0.1) is 13.8 Å². The van der Waals surface area contributed by atoms with Gasteiger partial charge in [-0.15, -0.1) is 0 Å². The van der Waals surface area contributed by atoms with Crippen molar-refractivity contribution in [3.8, 4) is 17.2 Å². The fourth-order valence-corrected chi connectivity index (χ4v) is 5.05. The number of methoxy groups -OCH3 is 1. The van der Waals surface area contributed by atoms with Gasteiger partial charge in [-0.05, 0) is 90.8 Å². The van der Waals surface area contributed by atoms with Crippen molar-refractivity contribution in [2.75, 3.05) is 32.2 Å². The molecule has 11 heteroatoms. The highest BCUT2D eigenvalue weighted by Gasteiger charge is 2.35. The minimum atomic E-state index is -0.422. The van der Waals surface area contributed by atoms with Gasteiger partial charge in [0.2, 0.25) is 0 Å². The molecule has 3 aromatic carbocycles. The monoisotopic (exact) mass is 600 g/mol. The number of nitrogens with zero attached hydrogens (tertiary/aromatic N) is 1. The minimum absolute atomic E-state index is 0.115. The van der Waals surface area contributed by atoms with Crippen molar-refractivity contribution in [2.24, 2.45) is 0 Å². The van der Waals surface area contributed by atoms with E-state index in [9.17, 15) is 14.4 Å². The molecule has 0 atom stereocenters. The van der Waals surface area contributed by atoms with Gasteiger partial charge in [0.1, 0.15) is 12.4 Å². The van der Waals surface area contributed by atoms with E-state index in [1.165, 1.54) is 7.11 Å². The Hall–Kier alpha value is -3.66. The summed E-state index contributed by atoms with van der Waals surface area (Å²) in [6, 6.07) is 15.7. The first kappa shape index (κ1) is 29.3. The molecule has 0 radical (unpaired) electrons. The van der Waals surface area contributed by atoms with Crippen molar-refractivity contribution in [1.82, 2.24) is 4.90 Å². The third kappa shape index (κ3) is 7.29. The standard InChI is InChI=1S/C29H26Cl2N2O6S/c1-17-4-5-18(2)23(12-17)38-11-10-33-28(35)25(40-29(33)36)15-19-13-22(31)27(24(14-19)37-3)39-16-26(34)32-21-8-6-20(30)7-9-21/h4-9,12-15H,10-11,16H2,1-3H3,(H,32,34)/b25-15-. The lowest BCUT2D eigenvalue weighted by atomic mass is 10.1. The second-order valence-corrected chi connectivity index (χ2v) is 10.7. The normalized spacial score (nSPS) is 14.0. The van der Waals surface area contributed by atoms with Gasteiger partial charge in [-0.3, -0.25) is 19.3 Å². The summed E-state index contributed by atoms with van der Waals surface area (Å²) in [6.07, 6.45) is 1.56. The fourth-order valence-electron chi connectivity index (χ4n) is 3.79. The van der Waals surface area contributed by atoms with Crippen LogP contribution in [0.5, 0.6) is 17.2 Å². The molecule has 0 unspecified atom stereocenters. The van der Waals surface area contributed by atoms with Crippen molar-refractivity contribution in [2.45, 2.75) is 13.8 Å². The number of ether oxygens (including phenoxy) is 3. The SMILES string of the molecule is COc1cc(/C=C2\SC(=O)N(CCOc3cc(C)ccc3C)C2=O)cc(Cl)c1OCC(=O)Nc1ccc(Cl)cc1. The number of nitrogens with one attached hydrogen (secondary N) is 1. The number of hydrogen-bond acceptors (Lipinski definition) is 7. The van der Waals surface area contributed by atoms with E-state index in [1.807, 2.05) is 32.0 Å². The predicted octanol–water partition coefficient (Wildman–Crippen LogP) is 6.75. The van der Waals surface area contributed by atoms with Crippen LogP contribution < -0.4 is 19.5 Å². The number of carbonyl (C=O) groups excluding carboxylic acids is 3. The molecule has 8 nitrogen and oxygen atoms in total. The fraction of sp³-hybridized carbons (Fsp3) is 0.207. The molecule has 1 aliphatic heterocycles. The number of rotatable bonds is 10. The molecule has 0 bridgehead atoms. The van der Waals surface area contributed by atoms with Gasteiger partial charge in [0.15, 0.2) is 18.1 Å². The average Bonchev–Trinajstić information content (AvgIpc) is 3.18. The lowest BCUT2D eigenvalue weighted by Crippen LogP contribution is -2.32. The van der Waals surface area contributed by atoms with Gasteiger partial charge in [0.05, 0.1) is 23.6 Å². The second kappa shape index (κ2) is 13.1. The largest absolute Gasteiger partial charge is 0.493 e. The third-order valence-electron chi connectivity index (χ3n) is 5.81.